The van der Waals surface area contributed by atoms with Crippen molar-refractivity contribution in [3.63, 3.8) is 0 Å². The molecule has 2 aromatic rings. The fourth-order valence-corrected chi connectivity index (χ4v) is 8.49. The van der Waals surface area contributed by atoms with E-state index < -0.39 is 63.6 Å². The van der Waals surface area contributed by atoms with Crippen molar-refractivity contribution >= 4 is 36.7 Å². The molecular weight excluding hydrogens is 817 g/mol. The van der Waals surface area contributed by atoms with Crippen LogP contribution in [0.2, 0.25) is 0 Å². The molecule has 1 aliphatic rings. The van der Waals surface area contributed by atoms with Crippen molar-refractivity contribution in [1.29, 1.82) is 0 Å². The van der Waals surface area contributed by atoms with Gasteiger partial charge in [-0.25, -0.2) is 19.5 Å². The van der Waals surface area contributed by atoms with Gasteiger partial charge in [0.2, 0.25) is 0 Å². The molecule has 5 N–H and O–H groups in total. The first-order valence-corrected chi connectivity index (χ1v) is 25.5. The summed E-state index contributed by atoms with van der Waals surface area (Å²) in [5.41, 5.74) is 6.39. The standard InChI is InChI=1S/C45H80N5O11P/c1-3-5-7-9-11-13-15-17-19-21-23-25-27-29-38(51)57-31-36(60-39(52)30-28-26-24-22-20-18-16-14-12-10-8-6-4-2)32-58-62(55,56)59-33-37-41(53)42(54)45(61-37)50-35-49-40-43(46)47-34-48-44(40)50/h34-37,41-42,45,53-54H,3-33H2,1-2H3,(H,55,56)(H2,46,47,48)/t36-,37+,41+,42+,45+/m0/s1. The highest BCUT2D eigenvalue weighted by molar-refractivity contribution is 7.47. The maximum Gasteiger partial charge on any atom is 0.472 e. The number of nitrogen functional groups attached to an aromatic ring is 1. The number of nitrogens with two attached hydrogens (primary N) is 1. The largest absolute Gasteiger partial charge is 0.472 e. The third-order valence-electron chi connectivity index (χ3n) is 11.5. The number of fused-ring (bicyclic) bond motifs is 1. The van der Waals surface area contributed by atoms with Crippen molar-refractivity contribution in [2.24, 2.45) is 0 Å². The van der Waals surface area contributed by atoms with Crippen LogP contribution in [-0.2, 0) is 37.4 Å². The molecular formula is C45H80N5O11P. The molecule has 0 aliphatic carbocycles. The topological polar surface area (TPSA) is 228 Å². The number of imidazole rings is 1. The second kappa shape index (κ2) is 32.0. The third-order valence-corrected chi connectivity index (χ3v) is 12.5. The molecule has 0 spiro atoms. The van der Waals surface area contributed by atoms with Gasteiger partial charge in [-0.2, -0.15) is 0 Å². The Kier molecular flexibility index (Phi) is 27.7. The third kappa shape index (κ3) is 21.8. The Labute approximate surface area is 370 Å². The number of phosphoric acid groups is 1. The maximum atomic E-state index is 13.0. The molecule has 62 heavy (non-hydrogen) atoms. The fraction of sp³-hybridized carbons (Fsp3) is 0.844. The number of aromatic nitrogens is 4. The van der Waals surface area contributed by atoms with E-state index in [1.54, 1.807) is 0 Å². The lowest BCUT2D eigenvalue weighted by Gasteiger charge is -2.21. The molecule has 356 valence electrons. The molecule has 0 aromatic carbocycles. The Balaban J connectivity index is 1.40. The number of anilines is 1. The number of aliphatic hydroxyl groups excluding tert-OH is 2. The molecule has 1 saturated heterocycles. The van der Waals surface area contributed by atoms with Crippen molar-refractivity contribution in [1.82, 2.24) is 19.5 Å². The van der Waals surface area contributed by atoms with E-state index in [2.05, 4.69) is 28.8 Å². The lowest BCUT2D eigenvalue weighted by molar-refractivity contribution is -0.161. The summed E-state index contributed by atoms with van der Waals surface area (Å²) in [7, 11) is -4.82. The van der Waals surface area contributed by atoms with Crippen LogP contribution in [-0.4, -0.2) is 90.8 Å². The van der Waals surface area contributed by atoms with Gasteiger partial charge < -0.3 is 35.1 Å². The Morgan fingerprint density at radius 1 is 0.694 bits per heavy atom. The van der Waals surface area contributed by atoms with Crippen molar-refractivity contribution in [2.45, 2.75) is 224 Å². The number of unbranched alkanes of at least 4 members (excludes halogenated alkanes) is 24. The van der Waals surface area contributed by atoms with Crippen molar-refractivity contribution in [3.8, 4) is 0 Å². The van der Waals surface area contributed by atoms with Gasteiger partial charge in [0, 0.05) is 12.8 Å². The number of nitrogens with zero attached hydrogens (tertiary/aromatic N) is 4. The van der Waals surface area contributed by atoms with Crippen LogP contribution in [0.1, 0.15) is 200 Å². The van der Waals surface area contributed by atoms with Gasteiger partial charge in [-0.1, -0.05) is 168 Å². The number of hydrogen-bond acceptors (Lipinski definition) is 14. The van der Waals surface area contributed by atoms with Gasteiger partial charge in [-0.15, -0.1) is 0 Å². The van der Waals surface area contributed by atoms with Gasteiger partial charge in [0.1, 0.15) is 36.8 Å². The van der Waals surface area contributed by atoms with Crippen LogP contribution in [0, 0.1) is 0 Å². The Hall–Kier alpha value is -2.72. The minimum absolute atomic E-state index is 0.119. The van der Waals surface area contributed by atoms with Gasteiger partial charge in [0.05, 0.1) is 19.5 Å². The Morgan fingerprint density at radius 3 is 1.69 bits per heavy atom. The van der Waals surface area contributed by atoms with Gasteiger partial charge in [-0.05, 0) is 12.8 Å². The summed E-state index contributed by atoms with van der Waals surface area (Å²) in [5, 5.41) is 21.4. The first kappa shape index (κ1) is 53.6. The van der Waals surface area contributed by atoms with Gasteiger partial charge in [0.25, 0.3) is 0 Å². The monoisotopic (exact) mass is 898 g/mol. The Morgan fingerprint density at radius 2 is 1.18 bits per heavy atom. The van der Waals surface area contributed by atoms with E-state index >= 15 is 0 Å². The molecule has 17 heteroatoms. The number of rotatable bonds is 38. The first-order valence-electron chi connectivity index (χ1n) is 24.0. The molecule has 0 bridgehead atoms. The van der Waals surface area contributed by atoms with Gasteiger partial charge in [0.15, 0.2) is 23.8 Å². The number of ether oxygens (including phenoxy) is 3. The van der Waals surface area contributed by atoms with Crippen LogP contribution in [0.5, 0.6) is 0 Å². The molecule has 0 amide bonds. The van der Waals surface area contributed by atoms with Crippen LogP contribution in [0.3, 0.4) is 0 Å². The van der Waals surface area contributed by atoms with Gasteiger partial charge in [-0.3, -0.25) is 23.2 Å². The predicted octanol–water partition coefficient (Wildman–Crippen LogP) is 9.58. The highest BCUT2D eigenvalue weighted by Gasteiger charge is 2.45. The molecule has 1 aliphatic heterocycles. The van der Waals surface area contributed by atoms with E-state index in [0.29, 0.717) is 12.8 Å². The molecule has 3 rings (SSSR count). The highest BCUT2D eigenvalue weighted by Crippen LogP contribution is 2.45. The van der Waals surface area contributed by atoms with Crippen LogP contribution in [0.25, 0.3) is 11.2 Å². The molecule has 16 nitrogen and oxygen atoms in total. The van der Waals surface area contributed by atoms with E-state index in [1.807, 2.05) is 0 Å². The lowest BCUT2D eigenvalue weighted by Crippen LogP contribution is -2.34. The number of carbonyl (C=O) groups is 2. The second-order valence-electron chi connectivity index (χ2n) is 17.0. The maximum absolute atomic E-state index is 13.0. The van der Waals surface area contributed by atoms with Crippen LogP contribution in [0.15, 0.2) is 12.7 Å². The minimum atomic E-state index is -4.82. The summed E-state index contributed by atoms with van der Waals surface area (Å²) in [6, 6.07) is 0. The molecule has 0 radical (unpaired) electrons. The summed E-state index contributed by atoms with van der Waals surface area (Å²) in [5.74, 6) is -0.855. The number of hydrogen-bond donors (Lipinski definition) is 4. The minimum Gasteiger partial charge on any atom is -0.462 e. The van der Waals surface area contributed by atoms with Crippen molar-refractivity contribution in [2.75, 3.05) is 25.6 Å². The summed E-state index contributed by atoms with van der Waals surface area (Å²) in [6.07, 6.45) is 27.1. The van der Waals surface area contributed by atoms with E-state index in [-0.39, 0.29) is 36.4 Å². The predicted molar refractivity (Wildman–Crippen MR) is 239 cm³/mol. The molecule has 0 saturated carbocycles. The van der Waals surface area contributed by atoms with Crippen molar-refractivity contribution < 1.29 is 52.5 Å². The summed E-state index contributed by atoms with van der Waals surface area (Å²) in [4.78, 5) is 48.2. The quantitative estimate of drug-likeness (QED) is 0.0279. The summed E-state index contributed by atoms with van der Waals surface area (Å²) in [6.45, 7) is 2.89. The zero-order valence-electron chi connectivity index (χ0n) is 37.9. The van der Waals surface area contributed by atoms with Crippen LogP contribution < -0.4 is 5.73 Å². The number of aliphatic hydroxyl groups is 2. The fourth-order valence-electron chi connectivity index (χ4n) is 7.73. The zero-order valence-corrected chi connectivity index (χ0v) is 38.8. The molecule has 3 heterocycles. The highest BCUT2D eigenvalue weighted by atomic mass is 31.2. The average molecular weight is 898 g/mol. The first-order chi connectivity index (χ1) is 30.1. The normalized spacial score (nSPS) is 19.2. The van der Waals surface area contributed by atoms with Crippen LogP contribution >= 0.6 is 7.82 Å². The number of phosphoric ester groups is 1. The average Bonchev–Trinajstić information content (AvgIpc) is 3.81. The van der Waals surface area contributed by atoms with Gasteiger partial charge >= 0.3 is 19.8 Å². The van der Waals surface area contributed by atoms with E-state index in [1.165, 1.54) is 133 Å². The van der Waals surface area contributed by atoms with Crippen LogP contribution in [0.4, 0.5) is 5.82 Å². The molecule has 1 unspecified atom stereocenters. The van der Waals surface area contributed by atoms with E-state index in [4.69, 9.17) is 29.0 Å². The van der Waals surface area contributed by atoms with E-state index in [0.717, 1.165) is 38.5 Å². The lowest BCUT2D eigenvalue weighted by atomic mass is 10.0. The second-order valence-corrected chi connectivity index (χ2v) is 18.4. The Bertz CT molecular complexity index is 1550. The molecule has 1 fully saturated rings. The SMILES string of the molecule is CCCCCCCCCCCCCCCC(=O)OC[C@@H](COP(=O)(O)OC[C@H]1O[C@@H](n2cnc3c(N)ncnc32)[C@H](O)[C@@H]1O)OC(=O)CCCCCCCCCCCCCCC. The number of esters is 2. The number of carbonyl (C=O) groups excluding carboxylic acids is 2. The summed E-state index contributed by atoms with van der Waals surface area (Å²) >= 11 is 0. The summed E-state index contributed by atoms with van der Waals surface area (Å²) < 4.78 is 41.5. The smallest absolute Gasteiger partial charge is 0.462 e. The van der Waals surface area contributed by atoms with E-state index in [9.17, 15) is 29.3 Å². The molecule has 2 aromatic heterocycles. The zero-order chi connectivity index (χ0) is 44.8. The molecule has 6 atom stereocenters. The van der Waals surface area contributed by atoms with Crippen molar-refractivity contribution in [3.05, 3.63) is 12.7 Å².